The molecule has 0 aliphatic carbocycles. The minimum absolute atomic E-state index is 0.239. The van der Waals surface area contributed by atoms with Gasteiger partial charge in [0, 0.05) is 11.7 Å². The van der Waals surface area contributed by atoms with Crippen molar-refractivity contribution in [2.45, 2.75) is 39.8 Å². The zero-order chi connectivity index (χ0) is 18.0. The van der Waals surface area contributed by atoms with Crippen LogP contribution in [0, 0.1) is 25.2 Å². The Balaban J connectivity index is 1.94. The maximum Gasteiger partial charge on any atom is 0.0998 e. The molecule has 126 valence electrons. The van der Waals surface area contributed by atoms with E-state index in [0.717, 1.165) is 5.56 Å². The standard InChI is InChI=1S/C23H24N2/c1-16-10-17(2)12-23(11-16)25-18(3)13-21(19(25)4)14-22(15-24)20-8-6-5-7-9-20/h5-14,18-19H,1-4H3/b22-14+. The molecule has 0 N–H and O–H groups in total. The highest BCUT2D eigenvalue weighted by Crippen LogP contribution is 2.33. The van der Waals surface area contributed by atoms with Crippen molar-refractivity contribution in [2.24, 2.45) is 0 Å². The highest BCUT2D eigenvalue weighted by Gasteiger charge is 2.28. The zero-order valence-corrected chi connectivity index (χ0v) is 15.3. The molecular weight excluding hydrogens is 304 g/mol. The monoisotopic (exact) mass is 328 g/mol. The summed E-state index contributed by atoms with van der Waals surface area (Å²) in [6, 6.07) is 19.5. The van der Waals surface area contributed by atoms with Crippen LogP contribution in [0.25, 0.3) is 5.57 Å². The predicted octanol–water partition coefficient (Wildman–Crippen LogP) is 5.43. The van der Waals surface area contributed by atoms with Gasteiger partial charge in [-0.2, -0.15) is 5.26 Å². The first-order valence-electron chi connectivity index (χ1n) is 8.75. The lowest BCUT2D eigenvalue weighted by Gasteiger charge is -2.30. The summed E-state index contributed by atoms with van der Waals surface area (Å²) in [4.78, 5) is 2.42. The van der Waals surface area contributed by atoms with Crippen LogP contribution in [0.3, 0.4) is 0 Å². The molecule has 2 aromatic rings. The van der Waals surface area contributed by atoms with Crippen molar-refractivity contribution in [3.63, 3.8) is 0 Å². The van der Waals surface area contributed by atoms with Crippen LogP contribution in [0.5, 0.6) is 0 Å². The van der Waals surface area contributed by atoms with Gasteiger partial charge in [-0.25, -0.2) is 0 Å². The summed E-state index contributed by atoms with van der Waals surface area (Å²) in [6.07, 6.45) is 4.31. The number of nitrogens with zero attached hydrogens (tertiary/aromatic N) is 2. The maximum atomic E-state index is 9.59. The van der Waals surface area contributed by atoms with Gasteiger partial charge < -0.3 is 4.90 Å². The van der Waals surface area contributed by atoms with E-state index in [1.165, 1.54) is 22.4 Å². The van der Waals surface area contributed by atoms with E-state index in [2.05, 4.69) is 62.9 Å². The van der Waals surface area contributed by atoms with E-state index in [-0.39, 0.29) is 6.04 Å². The van der Waals surface area contributed by atoms with E-state index in [9.17, 15) is 5.26 Å². The van der Waals surface area contributed by atoms with E-state index < -0.39 is 0 Å². The molecule has 3 rings (SSSR count). The molecule has 0 bridgehead atoms. The van der Waals surface area contributed by atoms with Crippen LogP contribution in [0.1, 0.15) is 30.5 Å². The van der Waals surface area contributed by atoms with Gasteiger partial charge in [-0.05, 0) is 68.2 Å². The van der Waals surface area contributed by atoms with Gasteiger partial charge in [0.15, 0.2) is 0 Å². The van der Waals surface area contributed by atoms with Crippen molar-refractivity contribution in [1.29, 1.82) is 5.26 Å². The molecule has 2 atom stereocenters. The Bertz CT molecular complexity index is 848. The first kappa shape index (κ1) is 17.0. The normalized spacial score (nSPS) is 20.4. The molecule has 0 aromatic heterocycles. The molecule has 1 heterocycles. The van der Waals surface area contributed by atoms with E-state index in [0.29, 0.717) is 11.6 Å². The first-order valence-corrected chi connectivity index (χ1v) is 8.75. The summed E-state index contributed by atoms with van der Waals surface area (Å²) in [7, 11) is 0. The molecule has 0 radical (unpaired) electrons. The third-order valence-electron chi connectivity index (χ3n) is 4.79. The Labute approximate surface area is 150 Å². The number of benzene rings is 2. The molecule has 0 saturated heterocycles. The zero-order valence-electron chi connectivity index (χ0n) is 15.3. The lowest BCUT2D eigenvalue weighted by Crippen LogP contribution is -2.34. The molecule has 2 heteroatoms. The topological polar surface area (TPSA) is 27.0 Å². The SMILES string of the molecule is Cc1cc(C)cc(N2C(C)C=C(/C=C(\C#N)c3ccccc3)C2C)c1. The van der Waals surface area contributed by atoms with Crippen LogP contribution in [0.4, 0.5) is 5.69 Å². The molecule has 0 saturated carbocycles. The van der Waals surface area contributed by atoms with Crippen molar-refractivity contribution in [3.05, 3.63) is 82.9 Å². The summed E-state index contributed by atoms with van der Waals surface area (Å²) in [5, 5.41) is 9.59. The first-order chi connectivity index (χ1) is 12.0. The van der Waals surface area contributed by atoms with Gasteiger partial charge in [-0.15, -0.1) is 0 Å². The van der Waals surface area contributed by atoms with Crippen LogP contribution in [0.15, 0.2) is 66.3 Å². The molecule has 1 aliphatic rings. The van der Waals surface area contributed by atoms with Crippen molar-refractivity contribution in [2.75, 3.05) is 4.90 Å². The van der Waals surface area contributed by atoms with Crippen molar-refractivity contribution in [3.8, 4) is 6.07 Å². The second-order valence-corrected chi connectivity index (χ2v) is 6.87. The lowest BCUT2D eigenvalue weighted by atomic mass is 10.0. The van der Waals surface area contributed by atoms with E-state index in [1.807, 2.05) is 36.4 Å². The Morgan fingerprint density at radius 2 is 1.68 bits per heavy atom. The summed E-state index contributed by atoms with van der Waals surface area (Å²) in [5.74, 6) is 0. The number of rotatable bonds is 3. The third kappa shape index (κ3) is 3.51. The second-order valence-electron chi connectivity index (χ2n) is 6.87. The van der Waals surface area contributed by atoms with Gasteiger partial charge in [-0.1, -0.05) is 42.5 Å². The van der Waals surface area contributed by atoms with Gasteiger partial charge in [0.25, 0.3) is 0 Å². The summed E-state index contributed by atoms with van der Waals surface area (Å²) >= 11 is 0. The number of allylic oxidation sites excluding steroid dienone is 1. The minimum atomic E-state index is 0.239. The molecule has 0 spiro atoms. The van der Waals surface area contributed by atoms with Crippen LogP contribution >= 0.6 is 0 Å². The fourth-order valence-electron chi connectivity index (χ4n) is 3.70. The number of hydrogen-bond acceptors (Lipinski definition) is 2. The van der Waals surface area contributed by atoms with Gasteiger partial charge in [0.1, 0.15) is 0 Å². The summed E-state index contributed by atoms with van der Waals surface area (Å²) in [6.45, 7) is 8.70. The van der Waals surface area contributed by atoms with Gasteiger partial charge in [0.05, 0.1) is 17.7 Å². The Morgan fingerprint density at radius 1 is 1.04 bits per heavy atom. The highest BCUT2D eigenvalue weighted by molar-refractivity contribution is 5.79. The Hall–Kier alpha value is -2.79. The maximum absolute atomic E-state index is 9.59. The van der Waals surface area contributed by atoms with Gasteiger partial charge in [-0.3, -0.25) is 0 Å². The fourth-order valence-corrected chi connectivity index (χ4v) is 3.70. The predicted molar refractivity (Wildman–Crippen MR) is 105 cm³/mol. The van der Waals surface area contributed by atoms with Crippen molar-refractivity contribution < 1.29 is 0 Å². The van der Waals surface area contributed by atoms with E-state index in [4.69, 9.17) is 0 Å². The van der Waals surface area contributed by atoms with Crippen molar-refractivity contribution in [1.82, 2.24) is 0 Å². The third-order valence-corrected chi connectivity index (χ3v) is 4.79. The Morgan fingerprint density at radius 3 is 2.28 bits per heavy atom. The molecule has 2 nitrogen and oxygen atoms in total. The van der Waals surface area contributed by atoms with E-state index >= 15 is 0 Å². The molecule has 1 aliphatic heterocycles. The second kappa shape index (κ2) is 6.99. The van der Waals surface area contributed by atoms with Crippen LogP contribution in [0.2, 0.25) is 0 Å². The lowest BCUT2D eigenvalue weighted by molar-refractivity contribution is 0.718. The number of aryl methyl sites for hydroxylation is 2. The van der Waals surface area contributed by atoms with Crippen LogP contribution in [-0.2, 0) is 0 Å². The Kier molecular flexibility index (Phi) is 4.76. The average molecular weight is 328 g/mol. The number of anilines is 1. The molecule has 2 unspecified atom stereocenters. The number of nitriles is 1. The molecule has 0 fully saturated rings. The summed E-state index contributed by atoms with van der Waals surface area (Å²) < 4.78 is 0. The molecule has 2 aromatic carbocycles. The summed E-state index contributed by atoms with van der Waals surface area (Å²) in [5.41, 5.74) is 6.69. The fraction of sp³-hybridized carbons (Fsp3) is 0.261. The smallest absolute Gasteiger partial charge is 0.0998 e. The van der Waals surface area contributed by atoms with E-state index in [1.54, 1.807) is 0 Å². The molecular formula is C23H24N2. The quantitative estimate of drug-likeness (QED) is 0.702. The van der Waals surface area contributed by atoms with Crippen LogP contribution in [-0.4, -0.2) is 12.1 Å². The minimum Gasteiger partial charge on any atom is -0.359 e. The molecule has 0 amide bonds. The van der Waals surface area contributed by atoms with Gasteiger partial charge >= 0.3 is 0 Å². The van der Waals surface area contributed by atoms with Crippen LogP contribution < -0.4 is 4.90 Å². The van der Waals surface area contributed by atoms with Gasteiger partial charge in [0.2, 0.25) is 0 Å². The van der Waals surface area contributed by atoms with Crippen molar-refractivity contribution >= 4 is 11.3 Å². The highest BCUT2D eigenvalue weighted by atomic mass is 15.2. The largest absolute Gasteiger partial charge is 0.359 e. The average Bonchev–Trinajstić information content (AvgIpc) is 2.86. The molecule has 25 heavy (non-hydrogen) atoms. The number of hydrogen-bond donors (Lipinski definition) is 0.